The van der Waals surface area contributed by atoms with Gasteiger partial charge in [0.05, 0.1) is 0 Å². The topological polar surface area (TPSA) is 71.3 Å². The van der Waals surface area contributed by atoms with Gasteiger partial charge in [0.2, 0.25) is 0 Å². The minimum atomic E-state index is 0.238. The van der Waals surface area contributed by atoms with Crippen molar-refractivity contribution in [2.75, 3.05) is 0 Å². The number of phenols is 1. The van der Waals surface area contributed by atoms with Crippen LogP contribution in [0.2, 0.25) is 0 Å². The number of aliphatic imine (C=N–C) groups is 1. The standard InChI is InChI=1S/C19H14N4OS2Se/c24-16-8-6-13(7-9-16)10-20-18-22-23-19(26-18)25-11-15-12-27-17(21-15)14-4-2-1-3-5-14/h1-10,12,24H,11H2. The van der Waals surface area contributed by atoms with Gasteiger partial charge in [-0.15, -0.1) is 0 Å². The Hall–Kier alpha value is -2.25. The van der Waals surface area contributed by atoms with Gasteiger partial charge in [0.15, 0.2) is 0 Å². The van der Waals surface area contributed by atoms with E-state index >= 15 is 0 Å². The van der Waals surface area contributed by atoms with Crippen LogP contribution < -0.4 is 0 Å². The van der Waals surface area contributed by atoms with Gasteiger partial charge in [-0.25, -0.2) is 0 Å². The molecular weight excluding hydrogens is 443 g/mol. The molecule has 4 aromatic rings. The fourth-order valence-electron chi connectivity index (χ4n) is 2.23. The van der Waals surface area contributed by atoms with Crippen molar-refractivity contribution in [1.29, 1.82) is 0 Å². The summed E-state index contributed by atoms with van der Waals surface area (Å²) in [6.45, 7) is 0. The molecule has 0 spiro atoms. The third-order valence-corrected chi connectivity index (χ3v) is 7.50. The first-order valence-corrected chi connectivity index (χ1v) is 11.7. The van der Waals surface area contributed by atoms with Gasteiger partial charge in [-0.1, -0.05) is 0 Å². The van der Waals surface area contributed by atoms with E-state index in [1.165, 1.54) is 21.5 Å². The van der Waals surface area contributed by atoms with Crippen molar-refractivity contribution in [3.8, 4) is 15.9 Å². The maximum atomic E-state index is 9.30. The van der Waals surface area contributed by atoms with Gasteiger partial charge in [0, 0.05) is 0 Å². The molecule has 0 aliphatic rings. The van der Waals surface area contributed by atoms with Crippen LogP contribution in [-0.4, -0.2) is 41.0 Å². The van der Waals surface area contributed by atoms with Crippen molar-refractivity contribution in [2.45, 2.75) is 10.1 Å². The van der Waals surface area contributed by atoms with Crippen molar-refractivity contribution in [2.24, 2.45) is 4.99 Å². The third kappa shape index (κ3) is 4.93. The molecule has 0 aliphatic carbocycles. The van der Waals surface area contributed by atoms with E-state index < -0.39 is 0 Å². The fourth-order valence-corrected chi connectivity index (χ4v) is 5.77. The number of hydrogen-bond acceptors (Lipinski definition) is 7. The first kappa shape index (κ1) is 18.1. The normalized spacial score (nSPS) is 11.3. The predicted octanol–water partition coefficient (Wildman–Crippen LogP) is 4.41. The monoisotopic (exact) mass is 458 g/mol. The zero-order valence-corrected chi connectivity index (χ0v) is 17.4. The van der Waals surface area contributed by atoms with Gasteiger partial charge >= 0.3 is 160 Å². The van der Waals surface area contributed by atoms with E-state index in [4.69, 9.17) is 4.98 Å². The van der Waals surface area contributed by atoms with Gasteiger partial charge in [-0.2, -0.15) is 0 Å². The van der Waals surface area contributed by atoms with Crippen LogP contribution in [0.4, 0.5) is 5.13 Å². The molecule has 2 heterocycles. The Morgan fingerprint density at radius 1 is 1.07 bits per heavy atom. The molecule has 0 bridgehead atoms. The van der Waals surface area contributed by atoms with E-state index in [-0.39, 0.29) is 20.3 Å². The molecule has 8 heteroatoms. The SMILES string of the molecule is Oc1ccc(C=Nc2nnc(SCc3c[se]c(-c4ccccc4)n3)s2)cc1. The van der Waals surface area contributed by atoms with Crippen LogP contribution in [-0.2, 0) is 5.75 Å². The molecule has 0 saturated heterocycles. The van der Waals surface area contributed by atoms with Crippen molar-refractivity contribution in [3.63, 3.8) is 0 Å². The molecule has 27 heavy (non-hydrogen) atoms. The number of phenolic OH excluding ortho intramolecular Hbond substituents is 1. The van der Waals surface area contributed by atoms with Crippen LogP contribution in [0, 0.1) is 0 Å². The summed E-state index contributed by atoms with van der Waals surface area (Å²) in [7, 11) is 0. The zero-order chi connectivity index (χ0) is 18.5. The van der Waals surface area contributed by atoms with E-state index in [1.807, 2.05) is 18.2 Å². The van der Waals surface area contributed by atoms with Crippen molar-refractivity contribution < 1.29 is 5.11 Å². The summed E-state index contributed by atoms with van der Waals surface area (Å²) in [6, 6.07) is 17.2. The Kier molecular flexibility index (Phi) is 5.79. The molecule has 0 aliphatic heterocycles. The Morgan fingerprint density at radius 3 is 2.70 bits per heavy atom. The summed E-state index contributed by atoms with van der Waals surface area (Å²) in [5, 5.41) is 18.2. The molecule has 134 valence electrons. The average Bonchev–Trinajstić information content (AvgIpc) is 3.36. The molecule has 0 fully saturated rings. The zero-order valence-electron chi connectivity index (χ0n) is 14.0. The van der Waals surface area contributed by atoms with Gasteiger partial charge in [0.25, 0.3) is 0 Å². The quantitative estimate of drug-likeness (QED) is 0.264. The Morgan fingerprint density at radius 2 is 1.89 bits per heavy atom. The fraction of sp³-hybridized carbons (Fsp3) is 0.0526. The molecule has 0 unspecified atom stereocenters. The Bertz CT molecular complexity index is 1050. The molecule has 4 rings (SSSR count). The molecule has 1 N–H and O–H groups in total. The summed E-state index contributed by atoms with van der Waals surface area (Å²) in [4.78, 5) is 11.3. The summed E-state index contributed by atoms with van der Waals surface area (Å²) >= 11 is 3.38. The van der Waals surface area contributed by atoms with E-state index in [0.717, 1.165) is 21.3 Å². The maximum absolute atomic E-state index is 9.30. The molecule has 2 aromatic carbocycles. The molecule has 0 radical (unpaired) electrons. The van der Waals surface area contributed by atoms with E-state index in [0.29, 0.717) is 5.13 Å². The third-order valence-electron chi connectivity index (χ3n) is 3.53. The number of thioether (sulfide) groups is 1. The second-order valence-corrected chi connectivity index (χ2v) is 9.48. The van der Waals surface area contributed by atoms with Crippen molar-refractivity contribution in [3.05, 3.63) is 70.8 Å². The molecule has 5 nitrogen and oxygen atoms in total. The van der Waals surface area contributed by atoms with Crippen molar-refractivity contribution in [1.82, 2.24) is 15.2 Å². The number of aromatic hydroxyl groups is 1. The second-order valence-electron chi connectivity index (χ2n) is 5.50. The van der Waals surface area contributed by atoms with E-state index in [2.05, 4.69) is 32.3 Å². The number of benzene rings is 2. The van der Waals surface area contributed by atoms with Crippen LogP contribution in [0.1, 0.15) is 11.3 Å². The van der Waals surface area contributed by atoms with Gasteiger partial charge in [-0.3, -0.25) is 0 Å². The average molecular weight is 457 g/mol. The van der Waals surface area contributed by atoms with E-state index in [9.17, 15) is 5.11 Å². The molecule has 0 atom stereocenters. The number of hydrogen-bond donors (Lipinski definition) is 1. The van der Waals surface area contributed by atoms with Crippen LogP contribution in [0.25, 0.3) is 10.1 Å². The summed E-state index contributed by atoms with van der Waals surface area (Å²) in [6.07, 6.45) is 1.72. The first-order valence-electron chi connectivity index (χ1n) is 8.05. The van der Waals surface area contributed by atoms with Crippen LogP contribution in [0.3, 0.4) is 0 Å². The van der Waals surface area contributed by atoms with Crippen molar-refractivity contribution >= 4 is 48.9 Å². The number of aromatic nitrogens is 3. The predicted molar refractivity (Wildman–Crippen MR) is 111 cm³/mol. The van der Waals surface area contributed by atoms with Crippen LogP contribution in [0.5, 0.6) is 5.75 Å². The van der Waals surface area contributed by atoms with E-state index in [1.54, 1.807) is 42.2 Å². The van der Waals surface area contributed by atoms with Crippen LogP contribution >= 0.6 is 23.1 Å². The number of rotatable bonds is 6. The van der Waals surface area contributed by atoms with Gasteiger partial charge in [0.1, 0.15) is 5.75 Å². The first-order chi connectivity index (χ1) is 13.3. The summed E-state index contributed by atoms with van der Waals surface area (Å²) in [5.74, 6) is 1.02. The van der Waals surface area contributed by atoms with Gasteiger partial charge < -0.3 is 5.11 Å². The minimum absolute atomic E-state index is 0.238. The molecular formula is C19H14N4OS2Se. The molecule has 0 amide bonds. The number of nitrogens with zero attached hydrogens (tertiary/aromatic N) is 4. The second kappa shape index (κ2) is 8.63. The van der Waals surface area contributed by atoms with Crippen LogP contribution in [0.15, 0.2) is 68.9 Å². The summed E-state index contributed by atoms with van der Waals surface area (Å²) in [5.41, 5.74) is 3.21. The Balaban J connectivity index is 1.36. The van der Waals surface area contributed by atoms with Gasteiger partial charge in [-0.05, 0) is 0 Å². The molecule has 0 saturated carbocycles. The molecule has 2 aromatic heterocycles. The Labute approximate surface area is 170 Å². The summed E-state index contributed by atoms with van der Waals surface area (Å²) < 4.78 is 2.06.